The number of fused-ring (bicyclic) bond motifs is 1. The lowest BCUT2D eigenvalue weighted by atomic mass is 10.0. The molecule has 6 nitrogen and oxygen atoms in total. The first kappa shape index (κ1) is 21.1. The summed E-state index contributed by atoms with van der Waals surface area (Å²) in [7, 11) is -3.34. The van der Waals surface area contributed by atoms with E-state index in [1.807, 2.05) is 24.3 Å². The van der Waals surface area contributed by atoms with Crippen LogP contribution in [0.1, 0.15) is 32.1 Å². The zero-order chi connectivity index (χ0) is 21.2. The van der Waals surface area contributed by atoms with Crippen LogP contribution in [0.25, 0.3) is 11.0 Å². The van der Waals surface area contributed by atoms with Crippen LogP contribution in [0.5, 0.6) is 0 Å². The number of nitrogens with one attached hydrogen (secondary N) is 1. The zero-order valence-electron chi connectivity index (χ0n) is 16.7. The number of rotatable bonds is 7. The number of sulfone groups is 1. The van der Waals surface area contributed by atoms with Crippen LogP contribution in [0.2, 0.25) is 0 Å². The number of hydrogen-bond donors (Lipinski definition) is 2. The van der Waals surface area contributed by atoms with E-state index in [4.69, 9.17) is 4.42 Å². The smallest absolute Gasteiger partial charge is 0.224 e. The predicted molar refractivity (Wildman–Crippen MR) is 111 cm³/mol. The molecule has 2 N–H and O–H groups in total. The largest absolute Gasteiger partial charge is 0.458 e. The number of furan rings is 1. The quantitative estimate of drug-likeness (QED) is 0.618. The SMILES string of the molecule is CC(C)S(=O)(=O)c1ccc(CC(=O)NC[C@@](C)(O)c2cc3ccccc3o2)cc1. The highest BCUT2D eigenvalue weighted by Gasteiger charge is 2.28. The van der Waals surface area contributed by atoms with Crippen molar-refractivity contribution < 1.29 is 22.7 Å². The molecule has 0 radical (unpaired) electrons. The lowest BCUT2D eigenvalue weighted by Gasteiger charge is -2.21. The molecule has 0 unspecified atom stereocenters. The molecular formula is C22H25NO5S. The summed E-state index contributed by atoms with van der Waals surface area (Å²) in [4.78, 5) is 12.5. The normalized spacial score (nSPS) is 14.1. The highest BCUT2D eigenvalue weighted by Crippen LogP contribution is 2.27. The highest BCUT2D eigenvalue weighted by atomic mass is 32.2. The molecule has 154 valence electrons. The van der Waals surface area contributed by atoms with Gasteiger partial charge in [-0.2, -0.15) is 0 Å². The number of aliphatic hydroxyl groups is 1. The van der Waals surface area contributed by atoms with Gasteiger partial charge < -0.3 is 14.8 Å². The van der Waals surface area contributed by atoms with Gasteiger partial charge in [0.1, 0.15) is 16.9 Å². The van der Waals surface area contributed by atoms with Gasteiger partial charge in [-0.3, -0.25) is 4.79 Å². The Morgan fingerprint density at radius 1 is 1.14 bits per heavy atom. The molecule has 0 saturated carbocycles. The minimum Gasteiger partial charge on any atom is -0.458 e. The maximum absolute atomic E-state index is 12.3. The summed E-state index contributed by atoms with van der Waals surface area (Å²) in [5, 5.41) is 13.8. The first-order valence-corrected chi connectivity index (χ1v) is 11.0. The third-order valence-electron chi connectivity index (χ3n) is 4.82. The van der Waals surface area contributed by atoms with Gasteiger partial charge in [0.25, 0.3) is 0 Å². The van der Waals surface area contributed by atoms with Crippen molar-refractivity contribution in [2.45, 2.75) is 42.9 Å². The molecule has 7 heteroatoms. The number of amides is 1. The van der Waals surface area contributed by atoms with Crippen LogP contribution < -0.4 is 5.32 Å². The first-order valence-electron chi connectivity index (χ1n) is 9.40. The second-order valence-electron chi connectivity index (χ2n) is 7.61. The molecule has 0 fully saturated rings. The van der Waals surface area contributed by atoms with Gasteiger partial charge in [-0.1, -0.05) is 30.3 Å². The van der Waals surface area contributed by atoms with E-state index in [0.717, 1.165) is 5.39 Å². The molecule has 1 amide bonds. The van der Waals surface area contributed by atoms with Crippen molar-refractivity contribution >= 4 is 26.7 Å². The van der Waals surface area contributed by atoms with Crippen molar-refractivity contribution in [2.75, 3.05) is 6.54 Å². The van der Waals surface area contributed by atoms with Gasteiger partial charge >= 0.3 is 0 Å². The van der Waals surface area contributed by atoms with Gasteiger partial charge in [-0.05, 0) is 50.6 Å². The van der Waals surface area contributed by atoms with E-state index in [0.29, 0.717) is 16.9 Å². The summed E-state index contributed by atoms with van der Waals surface area (Å²) >= 11 is 0. The molecule has 29 heavy (non-hydrogen) atoms. The van der Waals surface area contributed by atoms with Crippen LogP contribution in [0.4, 0.5) is 0 Å². The maximum Gasteiger partial charge on any atom is 0.224 e. The van der Waals surface area contributed by atoms with Gasteiger partial charge in [0.2, 0.25) is 5.91 Å². The fraction of sp³-hybridized carbons (Fsp3) is 0.318. The summed E-state index contributed by atoms with van der Waals surface area (Å²) in [6, 6.07) is 15.5. The van der Waals surface area contributed by atoms with E-state index in [1.165, 1.54) is 12.1 Å². The van der Waals surface area contributed by atoms with E-state index in [9.17, 15) is 18.3 Å². The van der Waals surface area contributed by atoms with Gasteiger partial charge in [0, 0.05) is 5.39 Å². The molecule has 0 bridgehead atoms. The van der Waals surface area contributed by atoms with Crippen LogP contribution in [-0.4, -0.2) is 31.2 Å². The van der Waals surface area contributed by atoms with Crippen molar-refractivity contribution in [3.63, 3.8) is 0 Å². The standard InChI is InChI=1S/C22H25NO5S/c1-15(2)29(26,27)18-10-8-16(9-11-18)12-21(24)23-14-22(3,25)20-13-17-6-4-5-7-19(17)28-20/h4-11,13,15,25H,12,14H2,1-3H3,(H,23,24)/t22-/m1/s1. The number of benzene rings is 2. The lowest BCUT2D eigenvalue weighted by Crippen LogP contribution is -2.39. The van der Waals surface area contributed by atoms with E-state index in [2.05, 4.69) is 5.32 Å². The highest BCUT2D eigenvalue weighted by molar-refractivity contribution is 7.92. The molecule has 0 aliphatic heterocycles. The number of carbonyl (C=O) groups is 1. The van der Waals surface area contributed by atoms with Crippen LogP contribution >= 0.6 is 0 Å². The maximum atomic E-state index is 12.3. The molecule has 0 aliphatic carbocycles. The zero-order valence-corrected chi connectivity index (χ0v) is 17.5. The fourth-order valence-corrected chi connectivity index (χ4v) is 3.98. The topological polar surface area (TPSA) is 96.6 Å². The van der Waals surface area contributed by atoms with Crippen molar-refractivity contribution in [3.8, 4) is 0 Å². The molecule has 0 aliphatic rings. The minimum atomic E-state index is -3.34. The Morgan fingerprint density at radius 3 is 2.41 bits per heavy atom. The molecule has 2 aromatic carbocycles. The van der Waals surface area contributed by atoms with E-state index in [1.54, 1.807) is 39.0 Å². The Morgan fingerprint density at radius 2 is 1.79 bits per heavy atom. The fourth-order valence-electron chi connectivity index (χ4n) is 2.92. The van der Waals surface area contributed by atoms with Gasteiger partial charge in [-0.25, -0.2) is 8.42 Å². The second kappa shape index (κ2) is 8.00. The third-order valence-corrected chi connectivity index (χ3v) is 6.99. The number of hydrogen-bond acceptors (Lipinski definition) is 5. The van der Waals surface area contributed by atoms with Gasteiger partial charge in [0.05, 0.1) is 23.1 Å². The first-order chi connectivity index (χ1) is 13.6. The number of carbonyl (C=O) groups excluding carboxylic acids is 1. The predicted octanol–water partition coefficient (Wildman–Crippen LogP) is 3.18. The van der Waals surface area contributed by atoms with Crippen LogP contribution in [-0.2, 0) is 26.7 Å². The second-order valence-corrected chi connectivity index (χ2v) is 10.1. The summed E-state index contributed by atoms with van der Waals surface area (Å²) in [6.07, 6.45) is 0.0816. The summed E-state index contributed by atoms with van der Waals surface area (Å²) in [5.74, 6) is 0.100. The Bertz CT molecular complexity index is 1080. The van der Waals surface area contributed by atoms with Crippen LogP contribution in [0, 0.1) is 0 Å². The Hall–Kier alpha value is -2.64. The van der Waals surface area contributed by atoms with Crippen molar-refractivity contribution in [2.24, 2.45) is 0 Å². The van der Waals surface area contributed by atoms with E-state index < -0.39 is 20.7 Å². The van der Waals surface area contributed by atoms with Gasteiger partial charge in [0.15, 0.2) is 9.84 Å². The summed E-state index contributed by atoms with van der Waals surface area (Å²) < 4.78 is 30.0. The van der Waals surface area contributed by atoms with E-state index in [-0.39, 0.29) is 23.8 Å². The van der Waals surface area contributed by atoms with Crippen molar-refractivity contribution in [1.29, 1.82) is 0 Å². The minimum absolute atomic E-state index is 0.00846. The Balaban J connectivity index is 1.62. The third kappa shape index (κ3) is 4.68. The Kier molecular flexibility index (Phi) is 5.82. The Labute approximate surface area is 170 Å². The molecule has 3 aromatic rings. The molecule has 1 atom stereocenters. The van der Waals surface area contributed by atoms with Crippen LogP contribution in [0.15, 0.2) is 63.9 Å². The van der Waals surface area contributed by atoms with Crippen molar-refractivity contribution in [3.05, 3.63) is 65.9 Å². The van der Waals surface area contributed by atoms with Crippen molar-refractivity contribution in [1.82, 2.24) is 5.32 Å². The summed E-state index contributed by atoms with van der Waals surface area (Å²) in [5.41, 5.74) is 0.00304. The molecule has 3 rings (SSSR count). The molecule has 1 aromatic heterocycles. The molecular weight excluding hydrogens is 390 g/mol. The average Bonchev–Trinajstić information content (AvgIpc) is 3.12. The van der Waals surface area contributed by atoms with Crippen LogP contribution in [0.3, 0.4) is 0 Å². The monoisotopic (exact) mass is 415 g/mol. The molecule has 0 saturated heterocycles. The lowest BCUT2D eigenvalue weighted by molar-refractivity contribution is -0.121. The molecule has 0 spiro atoms. The van der Waals surface area contributed by atoms with Gasteiger partial charge in [-0.15, -0.1) is 0 Å². The average molecular weight is 416 g/mol. The number of para-hydroxylation sites is 1. The molecule has 1 heterocycles. The summed E-state index contributed by atoms with van der Waals surface area (Å²) in [6.45, 7) is 4.83. The van der Waals surface area contributed by atoms with E-state index >= 15 is 0 Å².